The second kappa shape index (κ2) is 8.35. The van der Waals surface area contributed by atoms with E-state index >= 15 is 0 Å². The first-order valence-electron chi connectivity index (χ1n) is 8.34. The van der Waals surface area contributed by atoms with E-state index in [0.29, 0.717) is 27.3 Å². The van der Waals surface area contributed by atoms with E-state index in [2.05, 4.69) is 9.97 Å². The molecule has 0 saturated heterocycles. The van der Waals surface area contributed by atoms with Gasteiger partial charge in [-0.15, -0.1) is 0 Å². The van der Waals surface area contributed by atoms with Crippen LogP contribution in [0.3, 0.4) is 0 Å². The molecule has 0 N–H and O–H groups in total. The van der Waals surface area contributed by atoms with Gasteiger partial charge in [-0.25, -0.2) is 9.97 Å². The van der Waals surface area contributed by atoms with Crippen molar-refractivity contribution in [1.29, 1.82) is 0 Å². The number of imidazole rings is 1. The number of aryl methyl sites for hydroxylation is 1. The first-order chi connectivity index (χ1) is 13.2. The number of hydrogen-bond donors (Lipinski definition) is 0. The summed E-state index contributed by atoms with van der Waals surface area (Å²) >= 11 is 13.8. The van der Waals surface area contributed by atoms with E-state index in [9.17, 15) is 13.2 Å². The van der Waals surface area contributed by atoms with Gasteiger partial charge in [-0.05, 0) is 35.6 Å². The molecular weight excluding hydrogens is 430 g/mol. The van der Waals surface area contributed by atoms with Crippen molar-refractivity contribution >= 4 is 57.8 Å². The van der Waals surface area contributed by atoms with Crippen LogP contribution in [0.15, 0.2) is 30.5 Å². The summed E-state index contributed by atoms with van der Waals surface area (Å²) in [4.78, 5) is 8.41. The molecule has 0 spiro atoms. The molecular formula is C19H16Cl2F3N3S. The van der Waals surface area contributed by atoms with Gasteiger partial charge in [0, 0.05) is 24.6 Å². The van der Waals surface area contributed by atoms with Crippen LogP contribution < -0.4 is 0 Å². The molecule has 3 rings (SSSR count). The van der Waals surface area contributed by atoms with Gasteiger partial charge in [-0.3, -0.25) is 0 Å². The molecule has 3 aromatic rings. The molecule has 148 valence electrons. The molecule has 0 saturated carbocycles. The van der Waals surface area contributed by atoms with Gasteiger partial charge < -0.3 is 4.57 Å². The molecule has 0 aliphatic heterocycles. The number of hydrogen-bond acceptors (Lipinski definition) is 3. The first kappa shape index (κ1) is 21.0. The van der Waals surface area contributed by atoms with E-state index in [1.54, 1.807) is 35.5 Å². The Balaban J connectivity index is 2.11. The third kappa shape index (κ3) is 4.47. The van der Waals surface area contributed by atoms with Crippen LogP contribution in [0.2, 0.25) is 10.0 Å². The predicted molar refractivity (Wildman–Crippen MR) is 111 cm³/mol. The standard InChI is InChI=1S/C19H16Cl2F3N3S/c1-3-28-10-12(6-11-4-5-14(20)15(21)7-11)17-26-16-8-13(19(22,23)24)9-25-18(16)27(17)2/h4-9H,3,10H2,1-2H3/b12-6+. The van der Waals surface area contributed by atoms with Crippen LogP contribution in [0.5, 0.6) is 0 Å². The summed E-state index contributed by atoms with van der Waals surface area (Å²) < 4.78 is 40.7. The number of thioether (sulfide) groups is 1. The number of aromatic nitrogens is 3. The van der Waals surface area contributed by atoms with E-state index in [-0.39, 0.29) is 5.52 Å². The minimum absolute atomic E-state index is 0.203. The summed E-state index contributed by atoms with van der Waals surface area (Å²) in [6, 6.07) is 6.29. The number of fused-ring (bicyclic) bond motifs is 1. The van der Waals surface area contributed by atoms with E-state index in [0.717, 1.165) is 29.2 Å². The van der Waals surface area contributed by atoms with Crippen molar-refractivity contribution in [2.24, 2.45) is 7.05 Å². The van der Waals surface area contributed by atoms with Crippen LogP contribution in [0.1, 0.15) is 23.9 Å². The Bertz CT molecular complexity index is 1040. The van der Waals surface area contributed by atoms with Gasteiger partial charge >= 0.3 is 6.18 Å². The molecule has 9 heteroatoms. The van der Waals surface area contributed by atoms with E-state index in [1.807, 2.05) is 19.1 Å². The van der Waals surface area contributed by atoms with Crippen molar-refractivity contribution in [2.45, 2.75) is 13.1 Å². The lowest BCUT2D eigenvalue weighted by molar-refractivity contribution is -0.137. The molecule has 28 heavy (non-hydrogen) atoms. The second-order valence-corrected chi connectivity index (χ2v) is 8.13. The van der Waals surface area contributed by atoms with Gasteiger partial charge in [0.25, 0.3) is 0 Å². The zero-order valence-electron chi connectivity index (χ0n) is 15.0. The molecule has 0 radical (unpaired) electrons. The van der Waals surface area contributed by atoms with Gasteiger partial charge in [0.1, 0.15) is 11.3 Å². The van der Waals surface area contributed by atoms with Crippen molar-refractivity contribution in [3.05, 3.63) is 57.5 Å². The van der Waals surface area contributed by atoms with Gasteiger partial charge in [-0.1, -0.05) is 36.2 Å². The molecule has 0 amide bonds. The summed E-state index contributed by atoms with van der Waals surface area (Å²) in [5.74, 6) is 2.09. The highest BCUT2D eigenvalue weighted by atomic mass is 35.5. The van der Waals surface area contributed by atoms with E-state index < -0.39 is 11.7 Å². The first-order valence-corrected chi connectivity index (χ1v) is 10.2. The summed E-state index contributed by atoms with van der Waals surface area (Å²) in [5, 5.41) is 0.884. The molecule has 2 heterocycles. The summed E-state index contributed by atoms with van der Waals surface area (Å²) in [5.41, 5.74) is 1.47. The zero-order valence-corrected chi connectivity index (χ0v) is 17.3. The fourth-order valence-corrected chi connectivity index (χ4v) is 3.65. The highest BCUT2D eigenvalue weighted by molar-refractivity contribution is 7.99. The zero-order chi connectivity index (χ0) is 20.5. The van der Waals surface area contributed by atoms with Gasteiger partial charge in [-0.2, -0.15) is 24.9 Å². The average Bonchev–Trinajstić information content (AvgIpc) is 2.97. The monoisotopic (exact) mass is 445 g/mol. The summed E-state index contributed by atoms with van der Waals surface area (Å²) in [7, 11) is 1.74. The van der Waals surface area contributed by atoms with Crippen molar-refractivity contribution in [1.82, 2.24) is 14.5 Å². The average molecular weight is 446 g/mol. The number of benzene rings is 1. The minimum atomic E-state index is -4.46. The van der Waals surface area contributed by atoms with Crippen molar-refractivity contribution in [3.8, 4) is 0 Å². The topological polar surface area (TPSA) is 30.7 Å². The molecule has 0 atom stereocenters. The van der Waals surface area contributed by atoms with Crippen molar-refractivity contribution in [3.63, 3.8) is 0 Å². The minimum Gasteiger partial charge on any atom is -0.312 e. The molecule has 0 aliphatic carbocycles. The second-order valence-electron chi connectivity index (χ2n) is 6.04. The van der Waals surface area contributed by atoms with Crippen molar-refractivity contribution < 1.29 is 13.2 Å². The van der Waals surface area contributed by atoms with Gasteiger partial charge in [0.2, 0.25) is 0 Å². The smallest absolute Gasteiger partial charge is 0.312 e. The fourth-order valence-electron chi connectivity index (χ4n) is 2.70. The maximum Gasteiger partial charge on any atom is 0.417 e. The lowest BCUT2D eigenvalue weighted by atomic mass is 10.1. The molecule has 0 unspecified atom stereocenters. The SMILES string of the molecule is CCSC/C(=C\c1ccc(Cl)c(Cl)c1)c1nc2cc(C(F)(F)F)cnc2n1C. The lowest BCUT2D eigenvalue weighted by Gasteiger charge is -2.08. The number of rotatable bonds is 5. The summed E-state index contributed by atoms with van der Waals surface area (Å²) in [6.45, 7) is 2.04. The van der Waals surface area contributed by atoms with Crippen LogP contribution in [0.4, 0.5) is 13.2 Å². The molecule has 1 aromatic carbocycles. The normalized spacial score (nSPS) is 12.8. The van der Waals surface area contributed by atoms with E-state index in [4.69, 9.17) is 23.2 Å². The molecule has 2 aromatic heterocycles. The maximum atomic E-state index is 13.0. The predicted octanol–water partition coefficient (Wildman–Crippen LogP) is 6.59. The Morgan fingerprint density at radius 3 is 2.61 bits per heavy atom. The third-order valence-electron chi connectivity index (χ3n) is 4.07. The van der Waals surface area contributed by atoms with Gasteiger partial charge in [0.15, 0.2) is 5.65 Å². The molecule has 3 nitrogen and oxygen atoms in total. The van der Waals surface area contributed by atoms with Crippen LogP contribution in [0, 0.1) is 0 Å². The van der Waals surface area contributed by atoms with E-state index in [1.165, 1.54) is 0 Å². The largest absolute Gasteiger partial charge is 0.417 e. The van der Waals surface area contributed by atoms with Crippen LogP contribution >= 0.6 is 35.0 Å². The Kier molecular flexibility index (Phi) is 6.27. The Morgan fingerprint density at radius 2 is 1.96 bits per heavy atom. The highest BCUT2D eigenvalue weighted by Crippen LogP contribution is 2.32. The Hall–Kier alpha value is -1.70. The molecule has 0 aliphatic rings. The van der Waals surface area contributed by atoms with Crippen LogP contribution in [-0.4, -0.2) is 26.0 Å². The summed E-state index contributed by atoms with van der Waals surface area (Å²) in [6.07, 6.45) is -1.72. The Morgan fingerprint density at radius 1 is 1.21 bits per heavy atom. The van der Waals surface area contributed by atoms with Crippen LogP contribution in [-0.2, 0) is 13.2 Å². The number of pyridine rings is 1. The number of alkyl halides is 3. The highest BCUT2D eigenvalue weighted by Gasteiger charge is 2.31. The number of nitrogens with zero attached hydrogens (tertiary/aromatic N) is 3. The maximum absolute atomic E-state index is 13.0. The molecule has 0 bridgehead atoms. The number of halogens is 5. The van der Waals surface area contributed by atoms with Crippen molar-refractivity contribution in [2.75, 3.05) is 11.5 Å². The molecule has 0 fully saturated rings. The quantitative estimate of drug-likeness (QED) is 0.443. The third-order valence-corrected chi connectivity index (χ3v) is 5.73. The van der Waals surface area contributed by atoms with Gasteiger partial charge in [0.05, 0.1) is 15.6 Å². The van der Waals surface area contributed by atoms with Crippen LogP contribution in [0.25, 0.3) is 22.8 Å². The lowest BCUT2D eigenvalue weighted by Crippen LogP contribution is -2.05. The Labute approximate surface area is 174 Å². The fraction of sp³-hybridized carbons (Fsp3) is 0.263.